The van der Waals surface area contributed by atoms with Gasteiger partial charge in [0.05, 0.1) is 15.1 Å². The summed E-state index contributed by atoms with van der Waals surface area (Å²) >= 11 is 4.81. The second kappa shape index (κ2) is 8.94. The molecule has 2 heterocycles. The first-order valence-electron chi connectivity index (χ1n) is 11.4. The van der Waals surface area contributed by atoms with Crippen LogP contribution in [0.15, 0.2) is 69.5 Å². The number of ketones is 1. The summed E-state index contributed by atoms with van der Waals surface area (Å²) in [5, 5.41) is 17.9. The second-order valence-electron chi connectivity index (χ2n) is 9.86. The number of nitrogens with zero attached hydrogens (tertiary/aromatic N) is 2. The number of halogens is 1. The van der Waals surface area contributed by atoms with E-state index >= 15 is 0 Å². The van der Waals surface area contributed by atoms with Gasteiger partial charge in [-0.1, -0.05) is 53.2 Å². The number of thiazole rings is 1. The number of fused-ring (bicyclic) bond motifs is 1. The van der Waals surface area contributed by atoms with Crippen LogP contribution in [0.1, 0.15) is 45.1 Å². The number of carbonyl (C=O) groups excluding carboxylic acids is 2. The van der Waals surface area contributed by atoms with Crippen molar-refractivity contribution in [3.05, 3.63) is 85.2 Å². The number of amides is 1. The van der Waals surface area contributed by atoms with Crippen LogP contribution in [0.3, 0.4) is 0 Å². The Morgan fingerprint density at radius 3 is 2.64 bits per heavy atom. The number of nitro benzene ring substituents is 1. The normalized spacial score (nSPS) is 19.2. The number of allylic oxidation sites excluding steroid dienone is 3. The minimum atomic E-state index is -0.644. The molecule has 0 saturated carbocycles. The van der Waals surface area contributed by atoms with Crippen LogP contribution in [0.4, 0.5) is 10.8 Å². The minimum absolute atomic E-state index is 0.0280. The topological polar surface area (TPSA) is 114 Å². The van der Waals surface area contributed by atoms with Crippen molar-refractivity contribution in [2.45, 2.75) is 39.5 Å². The van der Waals surface area contributed by atoms with Crippen molar-refractivity contribution in [3.8, 4) is 0 Å². The maximum atomic E-state index is 13.7. The number of hydrogen-bond acceptors (Lipinski definition) is 7. The van der Waals surface area contributed by atoms with Crippen LogP contribution in [0, 0.1) is 15.5 Å². The van der Waals surface area contributed by atoms with Gasteiger partial charge in [0, 0.05) is 51.5 Å². The van der Waals surface area contributed by atoms with Crippen LogP contribution in [0.25, 0.3) is 10.2 Å². The average Bonchev–Trinajstić information content (AvgIpc) is 3.18. The van der Waals surface area contributed by atoms with Gasteiger partial charge < -0.3 is 5.32 Å². The van der Waals surface area contributed by atoms with Crippen molar-refractivity contribution in [1.29, 1.82) is 0 Å². The Bertz CT molecular complexity index is 1500. The van der Waals surface area contributed by atoms with Gasteiger partial charge in [-0.3, -0.25) is 25.0 Å². The molecule has 0 fully saturated rings. The maximum absolute atomic E-state index is 13.7. The fraction of sp³-hybridized carbons (Fsp3) is 0.269. The molecule has 2 aromatic carbocycles. The molecule has 1 amide bonds. The zero-order valence-corrected chi connectivity index (χ0v) is 22.2. The first kappa shape index (κ1) is 24.3. The summed E-state index contributed by atoms with van der Waals surface area (Å²) in [6.07, 6.45) is 1.02. The number of benzene rings is 2. The summed E-state index contributed by atoms with van der Waals surface area (Å²) in [4.78, 5) is 42.4. The third-order valence-electron chi connectivity index (χ3n) is 6.49. The number of non-ortho nitro benzene ring substituents is 1. The minimum Gasteiger partial charge on any atom is -0.362 e. The summed E-state index contributed by atoms with van der Waals surface area (Å²) in [5.74, 6) is -1.04. The predicted molar refractivity (Wildman–Crippen MR) is 143 cm³/mol. The van der Waals surface area contributed by atoms with E-state index in [0.29, 0.717) is 40.4 Å². The Kier molecular flexibility index (Phi) is 6.04. The molecular weight excluding hydrogens is 544 g/mol. The summed E-state index contributed by atoms with van der Waals surface area (Å²) in [7, 11) is 0. The lowest BCUT2D eigenvalue weighted by molar-refractivity contribution is -0.384. The molecule has 1 aliphatic heterocycles. The number of rotatable bonds is 4. The standard InChI is InChI=1S/C26H23BrN4O4S/c1-13-21(24(33)30-25-29-17-9-6-15(27)10-20(17)36-25)22(14-4-7-16(8-5-14)31(34)35)23-18(28-13)11-26(2,3)12-19(23)32/h4-10,22,28H,11-12H2,1-3H3,(H,29,30,33)/t22-/m1/s1. The third kappa shape index (κ3) is 4.46. The fourth-order valence-electron chi connectivity index (χ4n) is 4.98. The SMILES string of the molecule is CC1=C(C(=O)Nc2nc3ccc(Br)cc3s2)[C@@H](c2ccc([N+](=O)[O-])cc2)C2=C(CC(C)(C)CC2=O)N1. The zero-order valence-electron chi connectivity index (χ0n) is 19.8. The molecule has 0 saturated heterocycles. The molecule has 0 radical (unpaired) electrons. The number of nitro groups is 1. The van der Waals surface area contributed by atoms with Gasteiger partial charge in [-0.05, 0) is 42.5 Å². The van der Waals surface area contributed by atoms with Crippen LogP contribution in [0.5, 0.6) is 0 Å². The molecule has 2 aliphatic rings. The molecule has 1 aromatic heterocycles. The van der Waals surface area contributed by atoms with Crippen molar-refractivity contribution in [2.75, 3.05) is 5.32 Å². The molecule has 2 N–H and O–H groups in total. The molecule has 0 unspecified atom stereocenters. The van der Waals surface area contributed by atoms with E-state index in [1.807, 2.05) is 39.0 Å². The van der Waals surface area contributed by atoms with E-state index in [-0.39, 0.29) is 22.8 Å². The molecule has 0 spiro atoms. The van der Waals surface area contributed by atoms with E-state index in [1.54, 1.807) is 12.1 Å². The predicted octanol–water partition coefficient (Wildman–Crippen LogP) is 6.21. The summed E-state index contributed by atoms with van der Waals surface area (Å²) in [6.45, 7) is 5.91. The fourth-order valence-corrected chi connectivity index (χ4v) is 6.39. The molecule has 3 aromatic rings. The number of carbonyl (C=O) groups is 2. The molecule has 1 aliphatic carbocycles. The first-order chi connectivity index (χ1) is 17.0. The van der Waals surface area contributed by atoms with Crippen LogP contribution in [0.2, 0.25) is 0 Å². The second-order valence-corrected chi connectivity index (χ2v) is 11.8. The van der Waals surface area contributed by atoms with Gasteiger partial charge in [0.15, 0.2) is 10.9 Å². The highest BCUT2D eigenvalue weighted by molar-refractivity contribution is 9.10. The Morgan fingerprint density at radius 1 is 1.22 bits per heavy atom. The zero-order chi connectivity index (χ0) is 25.8. The van der Waals surface area contributed by atoms with Gasteiger partial charge >= 0.3 is 0 Å². The van der Waals surface area contributed by atoms with Gasteiger partial charge in [0.2, 0.25) is 0 Å². The van der Waals surface area contributed by atoms with Gasteiger partial charge in [0.25, 0.3) is 11.6 Å². The molecule has 5 rings (SSSR count). The Hall–Kier alpha value is -3.37. The van der Waals surface area contributed by atoms with E-state index in [4.69, 9.17) is 0 Å². The number of aromatic nitrogens is 1. The molecule has 10 heteroatoms. The Morgan fingerprint density at radius 2 is 1.94 bits per heavy atom. The molecule has 36 heavy (non-hydrogen) atoms. The maximum Gasteiger partial charge on any atom is 0.269 e. The van der Waals surface area contributed by atoms with Crippen molar-refractivity contribution in [3.63, 3.8) is 0 Å². The first-order valence-corrected chi connectivity index (χ1v) is 13.0. The number of anilines is 1. The van der Waals surface area contributed by atoms with Crippen LogP contribution >= 0.6 is 27.3 Å². The largest absolute Gasteiger partial charge is 0.362 e. The Labute approximate surface area is 219 Å². The van der Waals surface area contributed by atoms with Crippen molar-refractivity contribution in [1.82, 2.24) is 10.3 Å². The smallest absolute Gasteiger partial charge is 0.269 e. The van der Waals surface area contributed by atoms with Crippen molar-refractivity contribution >= 4 is 60.0 Å². The van der Waals surface area contributed by atoms with Crippen LogP contribution in [-0.4, -0.2) is 21.6 Å². The number of hydrogen-bond donors (Lipinski definition) is 2. The van der Waals surface area contributed by atoms with E-state index in [9.17, 15) is 19.7 Å². The van der Waals surface area contributed by atoms with E-state index in [2.05, 4.69) is 31.5 Å². The number of nitrogens with one attached hydrogen (secondary N) is 2. The summed E-state index contributed by atoms with van der Waals surface area (Å²) in [5.41, 5.74) is 3.56. The van der Waals surface area contributed by atoms with E-state index in [1.165, 1.54) is 23.5 Å². The Balaban J connectivity index is 1.57. The van der Waals surface area contributed by atoms with Crippen LogP contribution < -0.4 is 10.6 Å². The van der Waals surface area contributed by atoms with Crippen LogP contribution in [-0.2, 0) is 9.59 Å². The molecule has 184 valence electrons. The van der Waals surface area contributed by atoms with Gasteiger partial charge in [0.1, 0.15) is 0 Å². The monoisotopic (exact) mass is 566 g/mol. The highest BCUT2D eigenvalue weighted by Gasteiger charge is 2.42. The number of Topliss-reactive ketones (excluding diaryl/α,β-unsaturated/α-hetero) is 1. The lowest BCUT2D eigenvalue weighted by atomic mass is 9.68. The lowest BCUT2D eigenvalue weighted by Gasteiger charge is -2.39. The lowest BCUT2D eigenvalue weighted by Crippen LogP contribution is -2.39. The van der Waals surface area contributed by atoms with Crippen molar-refractivity contribution in [2.24, 2.45) is 5.41 Å². The van der Waals surface area contributed by atoms with Gasteiger partial charge in [-0.2, -0.15) is 0 Å². The molecule has 0 bridgehead atoms. The average molecular weight is 567 g/mol. The third-order valence-corrected chi connectivity index (χ3v) is 7.92. The molecule has 8 nitrogen and oxygen atoms in total. The summed E-state index contributed by atoms with van der Waals surface area (Å²) < 4.78 is 1.84. The van der Waals surface area contributed by atoms with Gasteiger partial charge in [-0.25, -0.2) is 4.98 Å². The number of dihydropyridines is 1. The highest BCUT2D eigenvalue weighted by atomic mass is 79.9. The van der Waals surface area contributed by atoms with Gasteiger partial charge in [-0.15, -0.1) is 0 Å². The molecule has 1 atom stereocenters. The highest BCUT2D eigenvalue weighted by Crippen LogP contribution is 2.47. The van der Waals surface area contributed by atoms with E-state index < -0.39 is 10.8 Å². The quantitative estimate of drug-likeness (QED) is 0.286. The summed E-state index contributed by atoms with van der Waals surface area (Å²) in [6, 6.07) is 11.8. The van der Waals surface area contributed by atoms with E-state index in [0.717, 1.165) is 20.4 Å². The molecular formula is C26H23BrN4O4S. The van der Waals surface area contributed by atoms with Crippen molar-refractivity contribution < 1.29 is 14.5 Å².